The Balaban J connectivity index is 1.37. The van der Waals surface area contributed by atoms with Crippen LogP contribution in [-0.4, -0.2) is 25.0 Å². The summed E-state index contributed by atoms with van der Waals surface area (Å²) >= 11 is 0. The van der Waals surface area contributed by atoms with Gasteiger partial charge in [0.2, 0.25) is 5.78 Å². The number of Topliss-reactive ketones (excluding diaryl/α,β-unsaturated/α-hetero) is 1. The summed E-state index contributed by atoms with van der Waals surface area (Å²) in [6.45, 7) is 1.92. The Morgan fingerprint density at radius 3 is 2.67 bits per heavy atom. The van der Waals surface area contributed by atoms with Gasteiger partial charge >= 0.3 is 5.97 Å². The number of benzene rings is 3. The zero-order valence-electron chi connectivity index (χ0n) is 18.0. The lowest BCUT2D eigenvalue weighted by Crippen LogP contribution is -2.18. The summed E-state index contributed by atoms with van der Waals surface area (Å²) in [5, 5.41) is 0. The van der Waals surface area contributed by atoms with E-state index in [0.29, 0.717) is 22.6 Å². The zero-order chi connectivity index (χ0) is 22.9. The summed E-state index contributed by atoms with van der Waals surface area (Å²) in [7, 11) is 1.53. The molecule has 0 spiro atoms. The molecule has 6 heteroatoms. The van der Waals surface area contributed by atoms with E-state index >= 15 is 0 Å². The van der Waals surface area contributed by atoms with Gasteiger partial charge in [0.25, 0.3) is 0 Å². The summed E-state index contributed by atoms with van der Waals surface area (Å²) in [5.74, 6) is 1.40. The van der Waals surface area contributed by atoms with Crippen LogP contribution in [0.4, 0.5) is 0 Å². The molecule has 0 bridgehead atoms. The van der Waals surface area contributed by atoms with E-state index in [1.165, 1.54) is 13.2 Å². The molecule has 33 heavy (non-hydrogen) atoms. The number of rotatable bonds is 4. The fraction of sp³-hybridized carbons (Fsp3) is 0.111. The molecule has 3 aromatic carbocycles. The number of carbonyl (C=O) groups excluding carboxylic acids is 2. The Morgan fingerprint density at radius 2 is 1.82 bits per heavy atom. The topological polar surface area (TPSA) is 71.1 Å². The average Bonchev–Trinajstić information content (AvgIpc) is 3.14. The van der Waals surface area contributed by atoms with Crippen molar-refractivity contribution < 1.29 is 28.5 Å². The fourth-order valence-corrected chi connectivity index (χ4v) is 3.72. The molecular weight excluding hydrogens is 420 g/mol. The number of fused-ring (bicyclic) bond motifs is 2. The highest BCUT2D eigenvalue weighted by atomic mass is 16.5. The van der Waals surface area contributed by atoms with Crippen LogP contribution in [0, 0.1) is 0 Å². The van der Waals surface area contributed by atoms with Crippen LogP contribution in [0.3, 0.4) is 0 Å². The summed E-state index contributed by atoms with van der Waals surface area (Å²) in [4.78, 5) is 25.4. The van der Waals surface area contributed by atoms with Gasteiger partial charge in [-0.3, -0.25) is 4.79 Å². The van der Waals surface area contributed by atoms with Crippen LogP contribution >= 0.6 is 0 Å². The molecule has 6 nitrogen and oxygen atoms in total. The largest absolute Gasteiger partial charge is 0.497 e. The van der Waals surface area contributed by atoms with Crippen molar-refractivity contribution in [1.82, 2.24) is 0 Å². The molecule has 2 heterocycles. The van der Waals surface area contributed by atoms with Crippen LogP contribution in [0.2, 0.25) is 0 Å². The van der Waals surface area contributed by atoms with Crippen molar-refractivity contribution in [3.63, 3.8) is 0 Å². The van der Waals surface area contributed by atoms with E-state index in [9.17, 15) is 9.59 Å². The average molecular weight is 440 g/mol. The molecule has 0 saturated carbocycles. The van der Waals surface area contributed by atoms with Crippen LogP contribution in [0.1, 0.15) is 33.2 Å². The van der Waals surface area contributed by atoms with Gasteiger partial charge in [0.1, 0.15) is 29.1 Å². The Hall–Kier alpha value is -4.32. The van der Waals surface area contributed by atoms with E-state index in [1.807, 2.05) is 37.3 Å². The van der Waals surface area contributed by atoms with Crippen LogP contribution in [0.5, 0.6) is 23.0 Å². The third-order valence-corrected chi connectivity index (χ3v) is 5.47. The maximum atomic E-state index is 12.9. The molecule has 1 atom stereocenters. The maximum Gasteiger partial charge on any atom is 0.343 e. The molecule has 0 radical (unpaired) electrons. The van der Waals surface area contributed by atoms with E-state index in [4.69, 9.17) is 18.9 Å². The van der Waals surface area contributed by atoms with Gasteiger partial charge in [-0.1, -0.05) is 24.3 Å². The zero-order valence-corrected chi connectivity index (χ0v) is 18.0. The number of para-hydroxylation sites is 1. The van der Waals surface area contributed by atoms with Crippen molar-refractivity contribution in [2.75, 3.05) is 7.11 Å². The number of ketones is 1. The molecule has 0 unspecified atom stereocenters. The number of hydrogen-bond acceptors (Lipinski definition) is 6. The van der Waals surface area contributed by atoms with Crippen LogP contribution in [0.25, 0.3) is 6.08 Å². The Kier molecular flexibility index (Phi) is 5.18. The van der Waals surface area contributed by atoms with Gasteiger partial charge in [-0.25, -0.2) is 4.79 Å². The quantitative estimate of drug-likeness (QED) is 0.314. The first-order valence-electron chi connectivity index (χ1n) is 10.4. The van der Waals surface area contributed by atoms with Crippen molar-refractivity contribution >= 4 is 17.8 Å². The van der Waals surface area contributed by atoms with E-state index in [-0.39, 0.29) is 23.4 Å². The Morgan fingerprint density at radius 1 is 0.970 bits per heavy atom. The predicted molar refractivity (Wildman–Crippen MR) is 122 cm³/mol. The molecule has 0 saturated heterocycles. The first-order chi connectivity index (χ1) is 16.0. The van der Waals surface area contributed by atoms with Crippen LogP contribution in [0.15, 0.2) is 84.1 Å². The first-order valence-corrected chi connectivity index (χ1v) is 10.4. The SMILES string of the molecule is COc1cccc(C(=O)Oc2ccc3c(c2)O/C(=C\C2=Cc4ccccc4O[C@H]2C)C3=O)c1. The van der Waals surface area contributed by atoms with Crippen molar-refractivity contribution in [2.24, 2.45) is 0 Å². The molecule has 0 amide bonds. The number of allylic oxidation sites excluding steroid dienone is 1. The summed E-state index contributed by atoms with van der Waals surface area (Å²) < 4.78 is 22.4. The minimum absolute atomic E-state index is 0.197. The number of hydrogen-bond donors (Lipinski definition) is 0. The van der Waals surface area contributed by atoms with Gasteiger partial charge in [0, 0.05) is 11.6 Å². The van der Waals surface area contributed by atoms with Gasteiger partial charge in [-0.2, -0.15) is 0 Å². The highest BCUT2D eigenvalue weighted by Crippen LogP contribution is 2.36. The third kappa shape index (κ3) is 3.99. The maximum absolute atomic E-state index is 12.9. The normalized spacial score (nSPS) is 17.4. The van der Waals surface area contributed by atoms with E-state index in [0.717, 1.165) is 16.9 Å². The van der Waals surface area contributed by atoms with Gasteiger partial charge in [0.05, 0.1) is 18.2 Å². The van der Waals surface area contributed by atoms with Gasteiger partial charge in [-0.05, 0) is 61.0 Å². The van der Waals surface area contributed by atoms with Crippen LogP contribution in [-0.2, 0) is 0 Å². The van der Waals surface area contributed by atoms with E-state index in [2.05, 4.69) is 0 Å². The summed E-state index contributed by atoms with van der Waals surface area (Å²) in [6, 6.07) is 19.1. The monoisotopic (exact) mass is 440 g/mol. The molecule has 0 aliphatic carbocycles. The van der Waals surface area contributed by atoms with E-state index < -0.39 is 5.97 Å². The lowest BCUT2D eigenvalue weighted by Gasteiger charge is -2.22. The highest BCUT2D eigenvalue weighted by molar-refractivity contribution is 6.12. The van der Waals surface area contributed by atoms with Gasteiger partial charge in [0.15, 0.2) is 5.76 Å². The number of ether oxygens (including phenoxy) is 4. The lowest BCUT2D eigenvalue weighted by molar-refractivity contribution is 0.0734. The van der Waals surface area contributed by atoms with Gasteiger partial charge in [-0.15, -0.1) is 0 Å². The standard InChI is InChI=1S/C27H20O6/c1-16-19(12-17-6-3-4-9-23(17)31-16)14-25-26(28)22-11-10-21(15-24(22)33-25)32-27(29)18-7-5-8-20(13-18)30-2/h3-16H,1-2H3/b25-14-/t16-/m0/s1. The molecule has 5 rings (SSSR count). The summed E-state index contributed by atoms with van der Waals surface area (Å²) in [6.07, 6.45) is 3.45. The smallest absolute Gasteiger partial charge is 0.343 e. The molecule has 0 aromatic heterocycles. The Bertz CT molecular complexity index is 1330. The second-order valence-corrected chi connectivity index (χ2v) is 7.66. The predicted octanol–water partition coefficient (Wildman–Crippen LogP) is 5.24. The molecule has 3 aromatic rings. The van der Waals surface area contributed by atoms with Crippen molar-refractivity contribution in [2.45, 2.75) is 13.0 Å². The molecule has 164 valence electrons. The molecular formula is C27H20O6. The summed E-state index contributed by atoms with van der Waals surface area (Å²) in [5.41, 5.74) is 2.53. The second kappa shape index (κ2) is 8.31. The molecule has 0 fully saturated rings. The molecule has 2 aliphatic rings. The highest BCUT2D eigenvalue weighted by Gasteiger charge is 2.29. The molecule has 0 N–H and O–H groups in total. The fourth-order valence-electron chi connectivity index (χ4n) is 3.72. The lowest BCUT2D eigenvalue weighted by atomic mass is 10.0. The first kappa shape index (κ1) is 20.6. The van der Waals surface area contributed by atoms with Gasteiger partial charge < -0.3 is 18.9 Å². The minimum atomic E-state index is -0.536. The Labute approximate surface area is 190 Å². The van der Waals surface area contributed by atoms with Crippen molar-refractivity contribution in [1.29, 1.82) is 0 Å². The van der Waals surface area contributed by atoms with Crippen molar-refractivity contribution in [3.05, 3.63) is 101 Å². The minimum Gasteiger partial charge on any atom is -0.497 e. The number of carbonyl (C=O) groups is 2. The van der Waals surface area contributed by atoms with Crippen molar-refractivity contribution in [3.8, 4) is 23.0 Å². The van der Waals surface area contributed by atoms with Crippen LogP contribution < -0.4 is 18.9 Å². The number of esters is 1. The third-order valence-electron chi connectivity index (χ3n) is 5.47. The second-order valence-electron chi connectivity index (χ2n) is 7.66. The van der Waals surface area contributed by atoms with E-state index in [1.54, 1.807) is 42.5 Å². The molecule has 2 aliphatic heterocycles. The number of methoxy groups -OCH3 is 1.